The highest BCUT2D eigenvalue weighted by molar-refractivity contribution is 5.96. The van der Waals surface area contributed by atoms with Crippen LogP contribution in [0.4, 0.5) is 15.9 Å². The van der Waals surface area contributed by atoms with E-state index in [0.717, 1.165) is 31.4 Å². The molecule has 2 aromatic rings. The van der Waals surface area contributed by atoms with E-state index in [1.54, 1.807) is 36.0 Å². The van der Waals surface area contributed by atoms with Crippen LogP contribution >= 0.6 is 0 Å². The quantitative estimate of drug-likeness (QED) is 0.742. The van der Waals surface area contributed by atoms with Crippen LogP contribution in [0.5, 0.6) is 0 Å². The summed E-state index contributed by atoms with van der Waals surface area (Å²) in [6.07, 6.45) is 5.67. The van der Waals surface area contributed by atoms with Gasteiger partial charge in [-0.15, -0.1) is 0 Å². The van der Waals surface area contributed by atoms with Crippen LogP contribution in [0, 0.1) is 11.7 Å². The maximum Gasteiger partial charge on any atom is 0.227 e. The van der Waals surface area contributed by atoms with Gasteiger partial charge in [0.15, 0.2) is 0 Å². The Morgan fingerprint density at radius 2 is 1.91 bits per heavy atom. The topological polar surface area (TPSA) is 78.4 Å². The molecule has 2 fully saturated rings. The molecule has 4 rings (SSSR count). The molecular formula is C24H30FN5O2. The molecule has 170 valence electrons. The first kappa shape index (κ1) is 22.2. The number of nitrogens with zero attached hydrogens (tertiary/aromatic N) is 4. The molecule has 1 aliphatic carbocycles. The molecule has 1 aromatic carbocycles. The van der Waals surface area contributed by atoms with Gasteiger partial charge in [-0.25, -0.2) is 14.4 Å². The highest BCUT2D eigenvalue weighted by Crippen LogP contribution is 2.32. The molecule has 7 nitrogen and oxygen atoms in total. The van der Waals surface area contributed by atoms with Gasteiger partial charge < -0.3 is 15.1 Å². The highest BCUT2D eigenvalue weighted by Gasteiger charge is 2.33. The lowest BCUT2D eigenvalue weighted by Crippen LogP contribution is -2.34. The van der Waals surface area contributed by atoms with Gasteiger partial charge in [-0.1, -0.05) is 19.3 Å². The van der Waals surface area contributed by atoms with Crippen LogP contribution in [0.15, 0.2) is 30.3 Å². The lowest BCUT2D eigenvalue weighted by molar-refractivity contribution is -0.135. The number of benzene rings is 1. The van der Waals surface area contributed by atoms with Crippen molar-refractivity contribution in [2.24, 2.45) is 5.92 Å². The van der Waals surface area contributed by atoms with E-state index < -0.39 is 0 Å². The highest BCUT2D eigenvalue weighted by atomic mass is 19.1. The van der Waals surface area contributed by atoms with Gasteiger partial charge >= 0.3 is 0 Å². The Hall–Kier alpha value is -3.03. The number of rotatable bonds is 6. The van der Waals surface area contributed by atoms with Crippen molar-refractivity contribution in [3.63, 3.8) is 0 Å². The largest absolute Gasteiger partial charge is 0.373 e. The molecule has 1 atom stereocenters. The summed E-state index contributed by atoms with van der Waals surface area (Å²) in [6.45, 7) is 0.807. The minimum atomic E-state index is -0.331. The molecular weight excluding hydrogens is 409 g/mol. The maximum absolute atomic E-state index is 13.3. The fraction of sp³-hybridized carbons (Fsp3) is 0.500. The molecule has 0 radical (unpaired) electrons. The number of anilines is 2. The summed E-state index contributed by atoms with van der Waals surface area (Å²) >= 11 is 0. The molecule has 0 unspecified atom stereocenters. The average molecular weight is 440 g/mol. The van der Waals surface area contributed by atoms with E-state index in [2.05, 4.69) is 10.3 Å². The standard InChI is InChI=1S/C24H30FN5O2/c1-26-21-13-20(17-12-23(31)30(14-17)19-10-8-18(25)9-11-19)27-22(28-21)15-29(2)24(32)16-6-4-3-5-7-16/h8-11,13,16-17H,3-7,12,14-15H2,1-2H3,(H,26,27,28)/t17-/m1/s1. The number of aromatic nitrogens is 2. The number of nitrogens with one attached hydrogen (secondary N) is 1. The first-order valence-electron chi connectivity index (χ1n) is 11.3. The van der Waals surface area contributed by atoms with Crippen LogP contribution in [-0.2, 0) is 16.1 Å². The van der Waals surface area contributed by atoms with E-state index in [1.165, 1.54) is 18.6 Å². The van der Waals surface area contributed by atoms with Gasteiger partial charge in [-0.3, -0.25) is 9.59 Å². The van der Waals surface area contributed by atoms with Crippen LogP contribution in [0.2, 0.25) is 0 Å². The molecule has 0 bridgehead atoms. The smallest absolute Gasteiger partial charge is 0.227 e. The summed E-state index contributed by atoms with van der Waals surface area (Å²) in [7, 11) is 3.60. The zero-order valence-electron chi connectivity index (χ0n) is 18.7. The Kier molecular flexibility index (Phi) is 6.67. The number of carbonyl (C=O) groups is 2. The Morgan fingerprint density at radius 3 is 2.59 bits per heavy atom. The Labute approximate surface area is 188 Å². The molecule has 32 heavy (non-hydrogen) atoms. The molecule has 1 saturated heterocycles. The third-order valence-corrected chi connectivity index (χ3v) is 6.44. The lowest BCUT2D eigenvalue weighted by atomic mass is 9.88. The van der Waals surface area contributed by atoms with Crippen molar-refractivity contribution in [1.29, 1.82) is 0 Å². The normalized spacial score (nSPS) is 19.3. The number of halogens is 1. The van der Waals surface area contributed by atoms with Gasteiger partial charge in [0, 0.05) is 50.7 Å². The number of hydrogen-bond donors (Lipinski definition) is 1. The Balaban J connectivity index is 1.50. The summed E-state index contributed by atoms with van der Waals surface area (Å²) < 4.78 is 13.3. The lowest BCUT2D eigenvalue weighted by Gasteiger charge is -2.26. The summed E-state index contributed by atoms with van der Waals surface area (Å²) in [5.74, 6) is 1.03. The molecule has 1 aromatic heterocycles. The van der Waals surface area contributed by atoms with Crippen molar-refractivity contribution in [3.8, 4) is 0 Å². The predicted molar refractivity (Wildman–Crippen MR) is 121 cm³/mol. The summed E-state index contributed by atoms with van der Waals surface area (Å²) in [6, 6.07) is 7.81. The average Bonchev–Trinajstić information content (AvgIpc) is 3.21. The van der Waals surface area contributed by atoms with Crippen LogP contribution in [0.25, 0.3) is 0 Å². The molecule has 2 amide bonds. The fourth-order valence-corrected chi connectivity index (χ4v) is 4.65. The SMILES string of the molecule is CNc1cc([C@@H]2CC(=O)N(c3ccc(F)cc3)C2)nc(CN(C)C(=O)C2CCCCC2)n1. The zero-order valence-corrected chi connectivity index (χ0v) is 18.7. The second-order valence-electron chi connectivity index (χ2n) is 8.76. The van der Waals surface area contributed by atoms with Crippen LogP contribution in [-0.4, -0.2) is 47.3 Å². The van der Waals surface area contributed by atoms with Gasteiger partial charge in [0.25, 0.3) is 0 Å². The molecule has 1 N–H and O–H groups in total. The van der Waals surface area contributed by atoms with Gasteiger partial charge in [0.05, 0.1) is 12.2 Å². The third-order valence-electron chi connectivity index (χ3n) is 6.44. The second-order valence-corrected chi connectivity index (χ2v) is 8.76. The van der Waals surface area contributed by atoms with Gasteiger partial charge in [-0.05, 0) is 37.1 Å². The zero-order chi connectivity index (χ0) is 22.7. The fourth-order valence-electron chi connectivity index (χ4n) is 4.65. The predicted octanol–water partition coefficient (Wildman–Crippen LogP) is 3.72. The van der Waals surface area contributed by atoms with Gasteiger partial charge in [0.1, 0.15) is 17.5 Å². The first-order valence-corrected chi connectivity index (χ1v) is 11.3. The molecule has 2 aliphatic rings. The molecule has 1 aliphatic heterocycles. The third kappa shape index (κ3) is 4.89. The second kappa shape index (κ2) is 9.63. The van der Waals surface area contributed by atoms with Crippen molar-refractivity contribution in [3.05, 3.63) is 47.7 Å². The monoisotopic (exact) mass is 439 g/mol. The van der Waals surface area contributed by atoms with Crippen molar-refractivity contribution >= 4 is 23.3 Å². The summed E-state index contributed by atoms with van der Waals surface area (Å²) in [4.78, 5) is 38.1. The van der Waals surface area contributed by atoms with Crippen LogP contribution in [0.3, 0.4) is 0 Å². The molecule has 1 saturated carbocycles. The summed E-state index contributed by atoms with van der Waals surface area (Å²) in [5.41, 5.74) is 1.45. The minimum absolute atomic E-state index is 0.0163. The molecule has 0 spiro atoms. The van der Waals surface area contributed by atoms with Crippen molar-refractivity contribution in [2.45, 2.75) is 51.0 Å². The maximum atomic E-state index is 13.3. The van der Waals surface area contributed by atoms with E-state index in [-0.39, 0.29) is 29.5 Å². The molecule has 8 heteroatoms. The van der Waals surface area contributed by atoms with Gasteiger partial charge in [-0.2, -0.15) is 0 Å². The first-order chi connectivity index (χ1) is 15.4. The van der Waals surface area contributed by atoms with Crippen molar-refractivity contribution in [1.82, 2.24) is 14.9 Å². The van der Waals surface area contributed by atoms with Crippen molar-refractivity contribution < 1.29 is 14.0 Å². The Morgan fingerprint density at radius 1 is 1.19 bits per heavy atom. The van der Waals surface area contributed by atoms with E-state index in [4.69, 9.17) is 4.98 Å². The van der Waals surface area contributed by atoms with E-state index in [9.17, 15) is 14.0 Å². The van der Waals surface area contributed by atoms with Crippen LogP contribution < -0.4 is 10.2 Å². The van der Waals surface area contributed by atoms with E-state index in [0.29, 0.717) is 36.8 Å². The van der Waals surface area contributed by atoms with Crippen LogP contribution in [0.1, 0.15) is 56.0 Å². The minimum Gasteiger partial charge on any atom is -0.373 e. The van der Waals surface area contributed by atoms with Crippen molar-refractivity contribution in [2.75, 3.05) is 30.9 Å². The number of amides is 2. The Bertz CT molecular complexity index is 975. The number of hydrogen-bond acceptors (Lipinski definition) is 5. The van der Waals surface area contributed by atoms with E-state index in [1.807, 2.05) is 6.07 Å². The van der Waals surface area contributed by atoms with E-state index >= 15 is 0 Å². The number of carbonyl (C=O) groups excluding carboxylic acids is 2. The molecule has 2 heterocycles. The van der Waals surface area contributed by atoms with Gasteiger partial charge in [0.2, 0.25) is 11.8 Å². The summed E-state index contributed by atoms with van der Waals surface area (Å²) in [5, 5.41) is 3.06.